The highest BCUT2D eigenvalue weighted by molar-refractivity contribution is 7.80. The van der Waals surface area contributed by atoms with Crippen LogP contribution in [0.5, 0.6) is 0 Å². The van der Waals surface area contributed by atoms with E-state index in [1.807, 2.05) is 6.92 Å². The van der Waals surface area contributed by atoms with E-state index in [0.717, 1.165) is 6.42 Å². The summed E-state index contributed by atoms with van der Waals surface area (Å²) in [5, 5.41) is 13.0. The lowest BCUT2D eigenvalue weighted by molar-refractivity contribution is -0.122. The molecule has 0 rings (SSSR count). The minimum absolute atomic E-state index is 0.155. The van der Waals surface area contributed by atoms with Crippen molar-refractivity contribution in [1.82, 2.24) is 10.6 Å². The zero-order valence-electron chi connectivity index (χ0n) is 7.41. The van der Waals surface area contributed by atoms with Crippen molar-refractivity contribution in [2.24, 2.45) is 0 Å². The Bertz CT molecular complexity index is 187. The van der Waals surface area contributed by atoms with Crippen LogP contribution in [-0.4, -0.2) is 35.4 Å². The first kappa shape index (κ1) is 12.1. The third kappa shape index (κ3) is 5.35. The number of thiol groups is 1. The Labute approximate surface area is 82.3 Å². The number of amides is 2. The highest BCUT2D eigenvalue weighted by atomic mass is 32.1. The summed E-state index contributed by atoms with van der Waals surface area (Å²) in [5.41, 5.74) is 0. The first-order valence-corrected chi connectivity index (χ1v) is 4.63. The molecule has 76 valence electrons. The summed E-state index contributed by atoms with van der Waals surface area (Å²) in [6, 6.07) is -0.771. The highest BCUT2D eigenvalue weighted by Crippen LogP contribution is 1.88. The minimum Gasteiger partial charge on any atom is -0.465 e. The second-order valence-corrected chi connectivity index (χ2v) is 2.84. The third-order valence-corrected chi connectivity index (χ3v) is 1.71. The maximum atomic E-state index is 11.2. The van der Waals surface area contributed by atoms with Gasteiger partial charge in [-0.2, -0.15) is 12.6 Å². The van der Waals surface area contributed by atoms with Gasteiger partial charge in [-0.25, -0.2) is 4.79 Å². The number of carbonyl (C=O) groups is 2. The molecular formula is C7H14N2O3S. The summed E-state index contributed by atoms with van der Waals surface area (Å²) >= 11 is 3.87. The number of rotatable bonds is 5. The van der Waals surface area contributed by atoms with E-state index in [2.05, 4.69) is 23.3 Å². The van der Waals surface area contributed by atoms with E-state index in [9.17, 15) is 9.59 Å². The van der Waals surface area contributed by atoms with Crippen molar-refractivity contribution in [3.63, 3.8) is 0 Å². The Hall–Kier alpha value is -0.910. The topological polar surface area (TPSA) is 78.4 Å². The molecule has 1 atom stereocenters. The molecular weight excluding hydrogens is 192 g/mol. The van der Waals surface area contributed by atoms with Crippen LogP contribution < -0.4 is 10.6 Å². The quantitative estimate of drug-likeness (QED) is 0.481. The van der Waals surface area contributed by atoms with Crippen LogP contribution in [-0.2, 0) is 4.79 Å². The van der Waals surface area contributed by atoms with Crippen molar-refractivity contribution in [3.8, 4) is 0 Å². The van der Waals surface area contributed by atoms with Gasteiger partial charge in [-0.15, -0.1) is 0 Å². The predicted molar refractivity (Wildman–Crippen MR) is 52.1 cm³/mol. The second-order valence-electron chi connectivity index (χ2n) is 2.48. The van der Waals surface area contributed by atoms with Gasteiger partial charge in [0, 0.05) is 12.3 Å². The lowest BCUT2D eigenvalue weighted by atomic mass is 10.3. The normalized spacial score (nSPS) is 11.8. The van der Waals surface area contributed by atoms with Crippen molar-refractivity contribution in [2.75, 3.05) is 12.3 Å². The molecule has 0 bridgehead atoms. The molecule has 0 saturated carbocycles. The fraction of sp³-hybridized carbons (Fsp3) is 0.714. The standard InChI is InChI=1S/C7H14N2O3S/c1-2-3-8-6(10)5(4-13)9-7(11)12/h5,9,13H,2-4H2,1H3,(H,8,10)(H,11,12). The van der Waals surface area contributed by atoms with Gasteiger partial charge in [0.05, 0.1) is 0 Å². The van der Waals surface area contributed by atoms with Crippen molar-refractivity contribution in [2.45, 2.75) is 19.4 Å². The van der Waals surface area contributed by atoms with Gasteiger partial charge >= 0.3 is 6.09 Å². The highest BCUT2D eigenvalue weighted by Gasteiger charge is 2.17. The molecule has 0 fully saturated rings. The van der Waals surface area contributed by atoms with E-state index in [1.54, 1.807) is 0 Å². The molecule has 0 aliphatic rings. The third-order valence-electron chi connectivity index (χ3n) is 1.35. The van der Waals surface area contributed by atoms with E-state index < -0.39 is 12.1 Å². The fourth-order valence-corrected chi connectivity index (χ4v) is 0.972. The summed E-state index contributed by atoms with van der Waals surface area (Å²) < 4.78 is 0. The smallest absolute Gasteiger partial charge is 0.405 e. The number of carbonyl (C=O) groups excluding carboxylic acids is 1. The molecule has 1 unspecified atom stereocenters. The van der Waals surface area contributed by atoms with E-state index in [0.29, 0.717) is 6.54 Å². The first-order valence-electron chi connectivity index (χ1n) is 3.99. The van der Waals surface area contributed by atoms with Crippen LogP contribution in [0.4, 0.5) is 4.79 Å². The van der Waals surface area contributed by atoms with Crippen molar-refractivity contribution in [1.29, 1.82) is 0 Å². The monoisotopic (exact) mass is 206 g/mol. The van der Waals surface area contributed by atoms with Gasteiger partial charge in [0.2, 0.25) is 5.91 Å². The zero-order chi connectivity index (χ0) is 10.3. The Morgan fingerprint density at radius 1 is 1.54 bits per heavy atom. The van der Waals surface area contributed by atoms with E-state index >= 15 is 0 Å². The molecule has 5 nitrogen and oxygen atoms in total. The summed E-state index contributed by atoms with van der Waals surface area (Å²) in [6.07, 6.45) is -0.399. The molecule has 0 aromatic heterocycles. The van der Waals surface area contributed by atoms with Gasteiger partial charge in [-0.3, -0.25) is 4.79 Å². The number of hydrogen-bond acceptors (Lipinski definition) is 3. The largest absolute Gasteiger partial charge is 0.465 e. The lowest BCUT2D eigenvalue weighted by Crippen LogP contribution is -2.47. The summed E-state index contributed by atoms with van der Waals surface area (Å²) in [4.78, 5) is 21.4. The molecule has 0 aliphatic heterocycles. The van der Waals surface area contributed by atoms with Gasteiger partial charge < -0.3 is 15.7 Å². The van der Waals surface area contributed by atoms with Gasteiger partial charge in [0.15, 0.2) is 0 Å². The predicted octanol–water partition coefficient (Wildman–Crippen LogP) is 0.0786. The average Bonchev–Trinajstić information content (AvgIpc) is 2.09. The maximum absolute atomic E-state index is 11.2. The molecule has 0 heterocycles. The maximum Gasteiger partial charge on any atom is 0.405 e. The molecule has 13 heavy (non-hydrogen) atoms. The molecule has 6 heteroatoms. The Morgan fingerprint density at radius 3 is 2.54 bits per heavy atom. The molecule has 3 N–H and O–H groups in total. The molecule has 0 aromatic carbocycles. The van der Waals surface area contributed by atoms with E-state index in [4.69, 9.17) is 5.11 Å². The van der Waals surface area contributed by atoms with Crippen LogP contribution in [0, 0.1) is 0 Å². The molecule has 0 aliphatic carbocycles. The Balaban J connectivity index is 3.92. The lowest BCUT2D eigenvalue weighted by Gasteiger charge is -2.13. The van der Waals surface area contributed by atoms with Crippen LogP contribution >= 0.6 is 12.6 Å². The molecule has 2 amide bonds. The average molecular weight is 206 g/mol. The second kappa shape index (κ2) is 6.59. The molecule has 0 radical (unpaired) electrons. The van der Waals surface area contributed by atoms with E-state index in [1.165, 1.54) is 0 Å². The summed E-state index contributed by atoms with van der Waals surface area (Å²) in [7, 11) is 0. The van der Waals surface area contributed by atoms with Crippen LogP contribution in [0.2, 0.25) is 0 Å². The number of hydrogen-bond donors (Lipinski definition) is 4. The van der Waals surface area contributed by atoms with Gasteiger partial charge in [0.1, 0.15) is 6.04 Å². The van der Waals surface area contributed by atoms with Crippen LogP contribution in [0.3, 0.4) is 0 Å². The van der Waals surface area contributed by atoms with E-state index in [-0.39, 0.29) is 11.7 Å². The number of carboxylic acid groups (broad SMARTS) is 1. The SMILES string of the molecule is CCCNC(=O)C(CS)NC(=O)O. The van der Waals surface area contributed by atoms with Gasteiger partial charge in [-0.1, -0.05) is 6.92 Å². The van der Waals surface area contributed by atoms with Crippen LogP contribution in [0.1, 0.15) is 13.3 Å². The molecule has 0 spiro atoms. The van der Waals surface area contributed by atoms with Crippen molar-refractivity contribution < 1.29 is 14.7 Å². The Kier molecular flexibility index (Phi) is 6.13. The fourth-order valence-electron chi connectivity index (χ4n) is 0.715. The molecule has 0 saturated heterocycles. The molecule has 0 aromatic rings. The number of nitrogens with one attached hydrogen (secondary N) is 2. The zero-order valence-corrected chi connectivity index (χ0v) is 8.30. The first-order chi connectivity index (χ1) is 6.11. The van der Waals surface area contributed by atoms with Gasteiger partial charge in [0.25, 0.3) is 0 Å². The van der Waals surface area contributed by atoms with Crippen molar-refractivity contribution in [3.05, 3.63) is 0 Å². The summed E-state index contributed by atoms with van der Waals surface area (Å²) in [6.45, 7) is 2.46. The van der Waals surface area contributed by atoms with Gasteiger partial charge in [-0.05, 0) is 6.42 Å². The summed E-state index contributed by atoms with van der Waals surface area (Å²) in [5.74, 6) is -0.179. The van der Waals surface area contributed by atoms with Crippen molar-refractivity contribution >= 4 is 24.6 Å². The minimum atomic E-state index is -1.22. The van der Waals surface area contributed by atoms with Crippen LogP contribution in [0.25, 0.3) is 0 Å². The van der Waals surface area contributed by atoms with Crippen LogP contribution in [0.15, 0.2) is 0 Å². The Morgan fingerprint density at radius 2 is 2.15 bits per heavy atom.